The largest absolute Gasteiger partial charge is 0.402 e. The molecule has 0 aliphatic heterocycles. The molecule has 1 unspecified atom stereocenters. The van der Waals surface area contributed by atoms with E-state index in [1.54, 1.807) is 13.8 Å². The molecule has 0 saturated heterocycles. The predicted molar refractivity (Wildman–Crippen MR) is 75.1 cm³/mol. The number of rotatable bonds is 3. The number of hydrogen-bond acceptors (Lipinski definition) is 3. The maximum atomic E-state index is 12.1. The summed E-state index contributed by atoms with van der Waals surface area (Å²) in [4.78, 5) is 12.1. The molecule has 1 rings (SSSR count). The lowest BCUT2D eigenvalue weighted by atomic mass is 10.1. The Morgan fingerprint density at radius 1 is 1.28 bits per heavy atom. The lowest BCUT2D eigenvalue weighted by molar-refractivity contribution is -0.113. The monoisotopic (exact) mass is 247 g/mol. The first kappa shape index (κ1) is 14.3. The van der Waals surface area contributed by atoms with Crippen LogP contribution in [0.1, 0.15) is 25.0 Å². The molecule has 1 atom stereocenters. The van der Waals surface area contributed by atoms with E-state index in [4.69, 9.17) is 11.5 Å². The number of nitrogens with two attached hydrogens (primary N) is 2. The molecule has 0 aliphatic carbocycles. The average molecular weight is 247 g/mol. The van der Waals surface area contributed by atoms with Gasteiger partial charge in [-0.05, 0) is 51.0 Å². The number of carbonyl (C=O) groups excluding carboxylic acids is 1. The van der Waals surface area contributed by atoms with E-state index in [0.29, 0.717) is 11.3 Å². The van der Waals surface area contributed by atoms with E-state index in [1.807, 2.05) is 32.0 Å². The standard InChI is InChI=1S/C14H21N3O/c1-8-5-6-12(7-9(8)2)17-14(18)13(10(3)15)11(4)16/h5-7,10H,15-16H2,1-4H3,(H,17,18)/b13-11-. The van der Waals surface area contributed by atoms with Crippen LogP contribution in [0, 0.1) is 13.8 Å². The smallest absolute Gasteiger partial charge is 0.254 e. The molecule has 1 aromatic carbocycles. The molecule has 0 saturated carbocycles. The molecular formula is C14H21N3O. The minimum absolute atomic E-state index is 0.242. The number of benzene rings is 1. The van der Waals surface area contributed by atoms with Gasteiger partial charge in [0.25, 0.3) is 5.91 Å². The van der Waals surface area contributed by atoms with Crippen LogP contribution in [-0.2, 0) is 4.79 Å². The molecule has 0 heterocycles. The van der Waals surface area contributed by atoms with Gasteiger partial charge in [0.1, 0.15) is 0 Å². The Bertz CT molecular complexity index is 486. The molecule has 98 valence electrons. The van der Waals surface area contributed by atoms with Crippen LogP contribution in [0.5, 0.6) is 0 Å². The highest BCUT2D eigenvalue weighted by Crippen LogP contribution is 2.16. The van der Waals surface area contributed by atoms with E-state index in [2.05, 4.69) is 5.32 Å². The van der Waals surface area contributed by atoms with E-state index >= 15 is 0 Å². The predicted octanol–water partition coefficient (Wildman–Crippen LogP) is 1.82. The maximum Gasteiger partial charge on any atom is 0.254 e. The first-order valence-electron chi connectivity index (χ1n) is 5.93. The van der Waals surface area contributed by atoms with Crippen molar-refractivity contribution >= 4 is 11.6 Å². The molecule has 0 bridgehead atoms. The summed E-state index contributed by atoms with van der Waals surface area (Å²) in [7, 11) is 0. The third-order valence-electron chi connectivity index (χ3n) is 2.89. The highest BCUT2D eigenvalue weighted by Gasteiger charge is 2.16. The second-order valence-corrected chi connectivity index (χ2v) is 4.64. The van der Waals surface area contributed by atoms with E-state index in [9.17, 15) is 4.79 Å². The molecule has 0 aliphatic rings. The number of nitrogens with one attached hydrogen (secondary N) is 1. The Morgan fingerprint density at radius 3 is 2.33 bits per heavy atom. The molecule has 1 aromatic rings. The fraction of sp³-hybridized carbons (Fsp3) is 0.357. The van der Waals surface area contributed by atoms with Crippen molar-refractivity contribution < 1.29 is 4.79 Å². The first-order chi connectivity index (χ1) is 8.32. The lowest BCUT2D eigenvalue weighted by Gasteiger charge is -2.14. The highest BCUT2D eigenvalue weighted by atomic mass is 16.1. The summed E-state index contributed by atoms with van der Waals surface area (Å²) in [5.41, 5.74) is 15.4. The number of aryl methyl sites for hydroxylation is 2. The van der Waals surface area contributed by atoms with E-state index in [1.165, 1.54) is 5.56 Å². The number of hydrogen-bond donors (Lipinski definition) is 3. The third kappa shape index (κ3) is 3.34. The summed E-state index contributed by atoms with van der Waals surface area (Å²) in [6.07, 6.45) is 0. The summed E-state index contributed by atoms with van der Waals surface area (Å²) in [6, 6.07) is 5.37. The van der Waals surface area contributed by atoms with E-state index in [0.717, 1.165) is 11.3 Å². The number of carbonyl (C=O) groups is 1. The Balaban J connectivity index is 2.94. The topological polar surface area (TPSA) is 81.1 Å². The number of allylic oxidation sites excluding steroid dienone is 1. The SMILES string of the molecule is C/C(N)=C(/C(=O)Nc1ccc(C)c(C)c1)C(C)N. The fourth-order valence-electron chi connectivity index (χ4n) is 1.76. The zero-order valence-corrected chi connectivity index (χ0v) is 11.4. The van der Waals surface area contributed by atoms with Gasteiger partial charge in [0.05, 0.1) is 5.57 Å². The second kappa shape index (κ2) is 5.69. The minimum Gasteiger partial charge on any atom is -0.402 e. The average Bonchev–Trinajstić information content (AvgIpc) is 2.22. The normalized spacial score (nSPS) is 13.8. The van der Waals surface area contributed by atoms with Gasteiger partial charge >= 0.3 is 0 Å². The summed E-state index contributed by atoms with van der Waals surface area (Å²) < 4.78 is 0. The zero-order valence-electron chi connectivity index (χ0n) is 11.4. The summed E-state index contributed by atoms with van der Waals surface area (Å²) in [5, 5.41) is 2.82. The van der Waals surface area contributed by atoms with Crippen molar-refractivity contribution in [1.82, 2.24) is 0 Å². The van der Waals surface area contributed by atoms with Gasteiger partial charge in [0.15, 0.2) is 0 Å². The molecule has 0 fully saturated rings. The quantitative estimate of drug-likeness (QED) is 0.713. The molecular weight excluding hydrogens is 226 g/mol. The van der Waals surface area contributed by atoms with Crippen LogP contribution in [-0.4, -0.2) is 11.9 Å². The Kier molecular flexibility index (Phi) is 4.50. The minimum atomic E-state index is -0.387. The van der Waals surface area contributed by atoms with Gasteiger partial charge in [0, 0.05) is 17.4 Å². The van der Waals surface area contributed by atoms with Crippen molar-refractivity contribution in [1.29, 1.82) is 0 Å². The number of anilines is 1. The molecule has 0 aromatic heterocycles. The van der Waals surface area contributed by atoms with Crippen LogP contribution in [0.25, 0.3) is 0 Å². The Morgan fingerprint density at radius 2 is 1.89 bits per heavy atom. The molecule has 4 nitrogen and oxygen atoms in total. The van der Waals surface area contributed by atoms with E-state index in [-0.39, 0.29) is 11.9 Å². The van der Waals surface area contributed by atoms with Crippen molar-refractivity contribution in [2.45, 2.75) is 33.7 Å². The van der Waals surface area contributed by atoms with Crippen molar-refractivity contribution in [3.8, 4) is 0 Å². The van der Waals surface area contributed by atoms with Gasteiger partial charge in [-0.25, -0.2) is 0 Å². The van der Waals surface area contributed by atoms with E-state index < -0.39 is 0 Å². The lowest BCUT2D eigenvalue weighted by Crippen LogP contribution is -2.30. The van der Waals surface area contributed by atoms with Crippen LogP contribution in [0.4, 0.5) is 5.69 Å². The van der Waals surface area contributed by atoms with Crippen LogP contribution in [0.2, 0.25) is 0 Å². The highest BCUT2D eigenvalue weighted by molar-refractivity contribution is 6.05. The van der Waals surface area contributed by atoms with Gasteiger partial charge in [-0.15, -0.1) is 0 Å². The summed E-state index contributed by atoms with van der Waals surface area (Å²) in [6.45, 7) is 7.45. The fourth-order valence-corrected chi connectivity index (χ4v) is 1.76. The molecule has 18 heavy (non-hydrogen) atoms. The van der Waals surface area contributed by atoms with Gasteiger partial charge in [-0.3, -0.25) is 4.79 Å². The summed E-state index contributed by atoms with van der Waals surface area (Å²) in [5.74, 6) is -0.242. The van der Waals surface area contributed by atoms with Gasteiger partial charge in [-0.2, -0.15) is 0 Å². The molecule has 1 amide bonds. The van der Waals surface area contributed by atoms with Gasteiger partial charge < -0.3 is 16.8 Å². The Labute approximate surface area is 108 Å². The van der Waals surface area contributed by atoms with Crippen molar-refractivity contribution in [2.24, 2.45) is 11.5 Å². The van der Waals surface area contributed by atoms with Crippen LogP contribution in [0.3, 0.4) is 0 Å². The van der Waals surface area contributed by atoms with Crippen LogP contribution < -0.4 is 16.8 Å². The Hall–Kier alpha value is -1.81. The van der Waals surface area contributed by atoms with Crippen molar-refractivity contribution in [2.75, 3.05) is 5.32 Å². The molecule has 0 radical (unpaired) electrons. The second-order valence-electron chi connectivity index (χ2n) is 4.64. The summed E-state index contributed by atoms with van der Waals surface area (Å²) >= 11 is 0. The molecule has 5 N–H and O–H groups in total. The number of amides is 1. The van der Waals surface area contributed by atoms with Crippen LogP contribution in [0.15, 0.2) is 29.5 Å². The van der Waals surface area contributed by atoms with Crippen molar-refractivity contribution in [3.05, 3.63) is 40.6 Å². The third-order valence-corrected chi connectivity index (χ3v) is 2.89. The molecule has 0 spiro atoms. The zero-order chi connectivity index (χ0) is 13.9. The van der Waals surface area contributed by atoms with Gasteiger partial charge in [0.2, 0.25) is 0 Å². The van der Waals surface area contributed by atoms with Crippen LogP contribution >= 0.6 is 0 Å². The van der Waals surface area contributed by atoms with Crippen molar-refractivity contribution in [3.63, 3.8) is 0 Å². The van der Waals surface area contributed by atoms with Gasteiger partial charge in [-0.1, -0.05) is 6.07 Å². The maximum absolute atomic E-state index is 12.1. The molecule has 4 heteroatoms. The first-order valence-corrected chi connectivity index (χ1v) is 5.93.